The first-order valence-electron chi connectivity index (χ1n) is 6.46. The van der Waals surface area contributed by atoms with Crippen LogP contribution in [0.3, 0.4) is 0 Å². The number of hydrogen-bond donors (Lipinski definition) is 0. The van der Waals surface area contributed by atoms with Crippen molar-refractivity contribution in [1.82, 2.24) is 0 Å². The molecule has 0 radical (unpaired) electrons. The van der Waals surface area contributed by atoms with Gasteiger partial charge in [-0.05, 0) is 31.6 Å². The normalized spacial score (nSPS) is 39.4. The Morgan fingerprint density at radius 2 is 1.65 bits per heavy atom. The predicted octanol–water partition coefficient (Wildman–Crippen LogP) is 3.72. The molecule has 3 heteroatoms. The molecule has 2 fully saturated rings. The molecule has 0 aromatic carbocycles. The molecule has 0 N–H and O–H groups in total. The van der Waals surface area contributed by atoms with Gasteiger partial charge in [0.1, 0.15) is 0 Å². The van der Waals surface area contributed by atoms with Crippen LogP contribution in [-0.4, -0.2) is 19.5 Å². The highest BCUT2D eigenvalue weighted by Crippen LogP contribution is 2.34. The number of hydrogen-bond acceptors (Lipinski definition) is 2. The van der Waals surface area contributed by atoms with Gasteiger partial charge in [-0.2, -0.15) is 0 Å². The van der Waals surface area contributed by atoms with E-state index in [2.05, 4.69) is 12.7 Å². The zero-order valence-electron chi connectivity index (χ0n) is 10.2. The van der Waals surface area contributed by atoms with Crippen molar-refractivity contribution >= 4 is 11.6 Å². The molecule has 1 aliphatic heterocycles. The van der Waals surface area contributed by atoms with Crippen molar-refractivity contribution in [2.24, 2.45) is 17.8 Å². The fraction of sp³-hybridized carbons (Fsp3) is 0.714. The highest BCUT2D eigenvalue weighted by molar-refractivity contribution is 6.25. The molecule has 0 aromatic rings. The molecule has 0 aromatic heterocycles. The summed E-state index contributed by atoms with van der Waals surface area (Å²) >= 11 is 5.61. The highest BCUT2D eigenvalue weighted by atomic mass is 35.5. The Bertz CT molecular complexity index is 261. The molecule has 2 rings (SSSR count). The minimum atomic E-state index is 0.00660. The monoisotopic (exact) mass is 256 g/mol. The average molecular weight is 257 g/mol. The molecule has 1 saturated heterocycles. The van der Waals surface area contributed by atoms with Crippen LogP contribution in [0.2, 0.25) is 0 Å². The summed E-state index contributed by atoms with van der Waals surface area (Å²) in [6, 6.07) is 0. The van der Waals surface area contributed by atoms with Gasteiger partial charge in [0.2, 0.25) is 0 Å². The van der Waals surface area contributed by atoms with Crippen molar-refractivity contribution in [3.8, 4) is 0 Å². The Morgan fingerprint density at radius 1 is 1.00 bits per heavy atom. The molecule has 96 valence electrons. The van der Waals surface area contributed by atoms with Crippen molar-refractivity contribution in [2.75, 3.05) is 13.2 Å². The fourth-order valence-corrected chi connectivity index (χ4v) is 2.86. The number of halogens is 1. The van der Waals surface area contributed by atoms with Crippen molar-refractivity contribution in [2.45, 2.75) is 32.0 Å². The molecule has 0 unspecified atom stereocenters. The predicted molar refractivity (Wildman–Crippen MR) is 69.8 cm³/mol. The standard InChI is InChI=1S/C14H21ClO2/c1-2-11-9-16-14(17-10-11)13-5-3-12(4-6-13)7-8-15/h2,7-8,11-14H,1,3-6,9-10H2. The van der Waals surface area contributed by atoms with Crippen LogP contribution in [0, 0.1) is 17.8 Å². The van der Waals surface area contributed by atoms with E-state index in [4.69, 9.17) is 21.1 Å². The molecule has 17 heavy (non-hydrogen) atoms. The van der Waals surface area contributed by atoms with E-state index in [0.717, 1.165) is 13.2 Å². The van der Waals surface area contributed by atoms with Gasteiger partial charge in [-0.3, -0.25) is 0 Å². The van der Waals surface area contributed by atoms with Crippen LogP contribution < -0.4 is 0 Å². The Balaban J connectivity index is 1.76. The number of allylic oxidation sites excluding steroid dienone is 1. The van der Waals surface area contributed by atoms with E-state index in [9.17, 15) is 0 Å². The van der Waals surface area contributed by atoms with Gasteiger partial charge >= 0.3 is 0 Å². The summed E-state index contributed by atoms with van der Waals surface area (Å²) in [5.74, 6) is 1.57. The Kier molecular flexibility index (Phi) is 5.08. The third kappa shape index (κ3) is 3.57. The van der Waals surface area contributed by atoms with Crippen molar-refractivity contribution in [1.29, 1.82) is 0 Å². The van der Waals surface area contributed by atoms with Crippen LogP contribution in [0.4, 0.5) is 0 Å². The van der Waals surface area contributed by atoms with Crippen LogP contribution in [0.15, 0.2) is 24.3 Å². The third-order valence-electron chi connectivity index (χ3n) is 3.83. The summed E-state index contributed by atoms with van der Waals surface area (Å²) in [7, 11) is 0. The third-order valence-corrected chi connectivity index (χ3v) is 3.97. The largest absolute Gasteiger partial charge is 0.352 e. The molecule has 1 aliphatic carbocycles. The second kappa shape index (κ2) is 6.58. The maximum Gasteiger partial charge on any atom is 0.160 e. The molecule has 2 aliphatic rings. The SMILES string of the molecule is C=CC1COC(C2CCC(C=CCl)CC2)OC1. The van der Waals surface area contributed by atoms with Crippen molar-refractivity contribution < 1.29 is 9.47 Å². The second-order valence-electron chi connectivity index (χ2n) is 5.02. The fourth-order valence-electron chi connectivity index (χ4n) is 2.65. The van der Waals surface area contributed by atoms with E-state index < -0.39 is 0 Å². The average Bonchev–Trinajstić information content (AvgIpc) is 2.40. The van der Waals surface area contributed by atoms with Gasteiger partial charge in [-0.25, -0.2) is 0 Å². The van der Waals surface area contributed by atoms with E-state index >= 15 is 0 Å². The van der Waals surface area contributed by atoms with Crippen LogP contribution in [0.5, 0.6) is 0 Å². The molecular formula is C14H21ClO2. The molecule has 2 nitrogen and oxygen atoms in total. The number of ether oxygens (including phenoxy) is 2. The van der Waals surface area contributed by atoms with Crippen molar-refractivity contribution in [3.63, 3.8) is 0 Å². The molecule has 1 saturated carbocycles. The van der Waals surface area contributed by atoms with Crippen molar-refractivity contribution in [3.05, 3.63) is 24.3 Å². The van der Waals surface area contributed by atoms with Gasteiger partial charge < -0.3 is 9.47 Å². The van der Waals surface area contributed by atoms with Crippen LogP contribution in [0.1, 0.15) is 25.7 Å². The first-order chi connectivity index (χ1) is 8.33. The quantitative estimate of drug-likeness (QED) is 0.717. The van der Waals surface area contributed by atoms with Gasteiger partial charge in [0.25, 0.3) is 0 Å². The van der Waals surface area contributed by atoms with Gasteiger partial charge in [-0.1, -0.05) is 23.8 Å². The highest BCUT2D eigenvalue weighted by Gasteiger charge is 2.31. The lowest BCUT2D eigenvalue weighted by Crippen LogP contribution is -2.37. The van der Waals surface area contributed by atoms with E-state index in [-0.39, 0.29) is 6.29 Å². The topological polar surface area (TPSA) is 18.5 Å². The maximum absolute atomic E-state index is 5.78. The Morgan fingerprint density at radius 3 is 2.18 bits per heavy atom. The molecule has 0 spiro atoms. The Labute approximate surface area is 109 Å². The Hall–Kier alpha value is -0.310. The molecular weight excluding hydrogens is 236 g/mol. The molecule has 0 atom stereocenters. The maximum atomic E-state index is 5.78. The summed E-state index contributed by atoms with van der Waals surface area (Å²) < 4.78 is 11.6. The summed E-state index contributed by atoms with van der Waals surface area (Å²) in [5, 5.41) is 0. The lowest BCUT2D eigenvalue weighted by Gasteiger charge is -2.36. The van der Waals surface area contributed by atoms with Gasteiger partial charge in [0.05, 0.1) is 13.2 Å². The first-order valence-corrected chi connectivity index (χ1v) is 6.89. The summed E-state index contributed by atoms with van der Waals surface area (Å²) in [6.45, 7) is 5.29. The van der Waals surface area contributed by atoms with Crippen LogP contribution >= 0.6 is 11.6 Å². The van der Waals surface area contributed by atoms with Crippen LogP contribution in [0.25, 0.3) is 0 Å². The second-order valence-corrected chi connectivity index (χ2v) is 5.28. The summed E-state index contributed by atoms with van der Waals surface area (Å²) in [5.41, 5.74) is 1.65. The zero-order chi connectivity index (χ0) is 12.1. The summed E-state index contributed by atoms with van der Waals surface area (Å²) in [6.07, 6.45) is 8.77. The zero-order valence-corrected chi connectivity index (χ0v) is 10.9. The molecule has 0 bridgehead atoms. The number of rotatable bonds is 3. The summed E-state index contributed by atoms with van der Waals surface area (Å²) in [4.78, 5) is 0. The van der Waals surface area contributed by atoms with Gasteiger partial charge in [0, 0.05) is 17.4 Å². The van der Waals surface area contributed by atoms with Crippen LogP contribution in [-0.2, 0) is 9.47 Å². The van der Waals surface area contributed by atoms with Gasteiger partial charge in [-0.15, -0.1) is 6.58 Å². The van der Waals surface area contributed by atoms with E-state index in [1.54, 1.807) is 5.54 Å². The van der Waals surface area contributed by atoms with E-state index in [1.807, 2.05) is 6.08 Å². The minimum absolute atomic E-state index is 0.00660. The lowest BCUT2D eigenvalue weighted by molar-refractivity contribution is -0.222. The minimum Gasteiger partial charge on any atom is -0.352 e. The lowest BCUT2D eigenvalue weighted by atomic mass is 9.81. The van der Waals surface area contributed by atoms with E-state index in [1.165, 1.54) is 25.7 Å². The first kappa shape index (κ1) is 13.1. The smallest absolute Gasteiger partial charge is 0.160 e. The molecule has 1 heterocycles. The molecule has 0 amide bonds. The van der Waals surface area contributed by atoms with E-state index in [0.29, 0.717) is 17.8 Å². The van der Waals surface area contributed by atoms with Gasteiger partial charge in [0.15, 0.2) is 6.29 Å².